The van der Waals surface area contributed by atoms with E-state index in [1.54, 1.807) is 6.92 Å². The van der Waals surface area contributed by atoms with E-state index in [2.05, 4.69) is 15.9 Å². The highest BCUT2D eigenvalue weighted by Crippen LogP contribution is 2.23. The van der Waals surface area contributed by atoms with E-state index in [4.69, 9.17) is 16.7 Å². The summed E-state index contributed by atoms with van der Waals surface area (Å²) >= 11 is 9.25. The minimum atomic E-state index is -0.248. The van der Waals surface area contributed by atoms with Crippen LogP contribution in [0.5, 0.6) is 0 Å². The molecule has 0 fully saturated rings. The van der Waals surface area contributed by atoms with Gasteiger partial charge < -0.3 is 5.11 Å². The van der Waals surface area contributed by atoms with Gasteiger partial charge in [0.2, 0.25) is 0 Å². The summed E-state index contributed by atoms with van der Waals surface area (Å²) in [5.74, 6) is 0. The number of rotatable bonds is 3. The Morgan fingerprint density at radius 3 is 2.77 bits per heavy atom. The normalized spacial score (nSPS) is 12.9. The molecule has 13 heavy (non-hydrogen) atoms. The molecule has 1 atom stereocenters. The lowest BCUT2D eigenvalue weighted by molar-refractivity contribution is 0.185. The van der Waals surface area contributed by atoms with Crippen molar-refractivity contribution < 1.29 is 5.11 Å². The molecule has 0 bridgehead atoms. The van der Waals surface area contributed by atoms with Gasteiger partial charge in [-0.05, 0) is 53.4 Å². The van der Waals surface area contributed by atoms with Crippen LogP contribution < -0.4 is 0 Å². The second-order valence-electron chi connectivity index (χ2n) is 3.14. The van der Waals surface area contributed by atoms with Crippen LogP contribution in [-0.4, -0.2) is 11.2 Å². The maximum absolute atomic E-state index is 9.10. The third-order valence-corrected chi connectivity index (χ3v) is 3.07. The van der Waals surface area contributed by atoms with Gasteiger partial charge in [-0.15, -0.1) is 0 Å². The van der Waals surface area contributed by atoms with Crippen molar-refractivity contribution in [1.29, 1.82) is 0 Å². The Labute approximate surface area is 91.9 Å². The van der Waals surface area contributed by atoms with Gasteiger partial charge in [0, 0.05) is 4.47 Å². The Hall–Kier alpha value is -0.0500. The lowest BCUT2D eigenvalue weighted by Gasteiger charge is -2.05. The molecule has 0 aromatic heterocycles. The van der Waals surface area contributed by atoms with Gasteiger partial charge in [0.15, 0.2) is 0 Å². The summed E-state index contributed by atoms with van der Waals surface area (Å²) in [4.78, 5) is 0. The van der Waals surface area contributed by atoms with Crippen molar-refractivity contribution in [2.24, 2.45) is 0 Å². The van der Waals surface area contributed by atoms with Crippen molar-refractivity contribution in [1.82, 2.24) is 0 Å². The Morgan fingerprint density at radius 1 is 1.54 bits per heavy atom. The van der Waals surface area contributed by atoms with Crippen LogP contribution in [0.4, 0.5) is 0 Å². The summed E-state index contributed by atoms with van der Waals surface area (Å²) in [5.41, 5.74) is 1.16. The highest BCUT2D eigenvalue weighted by Gasteiger charge is 2.01. The van der Waals surface area contributed by atoms with E-state index in [1.165, 1.54) is 0 Å². The van der Waals surface area contributed by atoms with Gasteiger partial charge in [-0.3, -0.25) is 0 Å². The summed E-state index contributed by atoms with van der Waals surface area (Å²) in [6.45, 7) is 1.79. The minimum Gasteiger partial charge on any atom is -0.393 e. The van der Waals surface area contributed by atoms with Crippen LogP contribution in [0.25, 0.3) is 0 Å². The number of benzene rings is 1. The van der Waals surface area contributed by atoms with Crippen molar-refractivity contribution in [2.75, 3.05) is 0 Å². The molecular formula is C10H12BrClO. The summed E-state index contributed by atoms with van der Waals surface area (Å²) < 4.78 is 0.912. The average Bonchev–Trinajstić information content (AvgIpc) is 2.07. The zero-order chi connectivity index (χ0) is 9.84. The average molecular weight is 264 g/mol. The number of hydrogen-bond acceptors (Lipinski definition) is 1. The standard InChI is InChI=1S/C10H12BrClO/c1-7(13)2-3-8-4-5-9(11)10(12)6-8/h4-7,13H,2-3H2,1H3/t7-/m1/s1. The third kappa shape index (κ3) is 3.67. The van der Waals surface area contributed by atoms with E-state index in [0.717, 1.165) is 27.9 Å². The zero-order valence-electron chi connectivity index (χ0n) is 7.43. The van der Waals surface area contributed by atoms with Crippen LogP contribution in [0, 0.1) is 0 Å². The van der Waals surface area contributed by atoms with E-state index in [9.17, 15) is 0 Å². The maximum atomic E-state index is 9.10. The summed E-state index contributed by atoms with van der Waals surface area (Å²) in [5, 5.41) is 9.82. The minimum absolute atomic E-state index is 0.248. The van der Waals surface area contributed by atoms with Crippen molar-refractivity contribution in [3.63, 3.8) is 0 Å². The molecule has 0 unspecified atom stereocenters. The molecule has 1 aromatic carbocycles. The highest BCUT2D eigenvalue weighted by molar-refractivity contribution is 9.10. The van der Waals surface area contributed by atoms with Crippen LogP contribution in [0.2, 0.25) is 5.02 Å². The fraction of sp³-hybridized carbons (Fsp3) is 0.400. The molecule has 1 rings (SSSR count). The molecule has 0 radical (unpaired) electrons. The van der Waals surface area contributed by atoms with Gasteiger partial charge in [0.25, 0.3) is 0 Å². The Bertz CT molecular complexity index is 286. The van der Waals surface area contributed by atoms with E-state index in [1.807, 2.05) is 18.2 Å². The fourth-order valence-corrected chi connectivity index (χ4v) is 1.52. The molecule has 0 aliphatic rings. The predicted octanol–water partition coefficient (Wildman–Crippen LogP) is 3.42. The molecule has 0 saturated heterocycles. The molecule has 0 spiro atoms. The van der Waals surface area contributed by atoms with E-state index < -0.39 is 0 Å². The van der Waals surface area contributed by atoms with Gasteiger partial charge in [-0.1, -0.05) is 17.7 Å². The quantitative estimate of drug-likeness (QED) is 0.886. The molecule has 1 N–H and O–H groups in total. The lowest BCUT2D eigenvalue weighted by Crippen LogP contribution is -2.01. The van der Waals surface area contributed by atoms with Crippen LogP contribution in [-0.2, 0) is 6.42 Å². The first kappa shape index (κ1) is 11.0. The second kappa shape index (κ2) is 4.99. The molecule has 0 heterocycles. The molecule has 0 aliphatic carbocycles. The molecule has 1 nitrogen and oxygen atoms in total. The first-order valence-corrected chi connectivity index (χ1v) is 5.38. The fourth-order valence-electron chi connectivity index (χ4n) is 1.07. The van der Waals surface area contributed by atoms with Crippen molar-refractivity contribution in [3.05, 3.63) is 33.3 Å². The molecule has 0 amide bonds. The lowest BCUT2D eigenvalue weighted by atomic mass is 10.1. The van der Waals surface area contributed by atoms with E-state index in [0.29, 0.717) is 0 Å². The Morgan fingerprint density at radius 2 is 2.23 bits per heavy atom. The maximum Gasteiger partial charge on any atom is 0.0550 e. The summed E-state index contributed by atoms with van der Waals surface area (Å²) in [6, 6.07) is 5.87. The van der Waals surface area contributed by atoms with Gasteiger partial charge in [0.1, 0.15) is 0 Å². The molecule has 3 heteroatoms. The largest absolute Gasteiger partial charge is 0.393 e. The smallest absolute Gasteiger partial charge is 0.0550 e. The number of aliphatic hydroxyl groups excluding tert-OH is 1. The number of aryl methyl sites for hydroxylation is 1. The van der Waals surface area contributed by atoms with E-state index >= 15 is 0 Å². The van der Waals surface area contributed by atoms with Crippen LogP contribution in [0.3, 0.4) is 0 Å². The first-order chi connectivity index (χ1) is 6.09. The topological polar surface area (TPSA) is 20.2 Å². The number of aliphatic hydroxyl groups is 1. The highest BCUT2D eigenvalue weighted by atomic mass is 79.9. The van der Waals surface area contributed by atoms with Crippen LogP contribution in [0.15, 0.2) is 22.7 Å². The molecule has 0 saturated carbocycles. The van der Waals surface area contributed by atoms with Crippen molar-refractivity contribution >= 4 is 27.5 Å². The van der Waals surface area contributed by atoms with Gasteiger partial charge >= 0.3 is 0 Å². The first-order valence-electron chi connectivity index (χ1n) is 4.21. The SMILES string of the molecule is C[C@@H](O)CCc1ccc(Br)c(Cl)c1. The zero-order valence-corrected chi connectivity index (χ0v) is 9.77. The van der Waals surface area contributed by atoms with E-state index in [-0.39, 0.29) is 6.10 Å². The van der Waals surface area contributed by atoms with Crippen LogP contribution in [0.1, 0.15) is 18.9 Å². The van der Waals surface area contributed by atoms with Crippen LogP contribution >= 0.6 is 27.5 Å². The molecular weight excluding hydrogens is 251 g/mol. The summed E-state index contributed by atoms with van der Waals surface area (Å²) in [7, 11) is 0. The molecule has 72 valence electrons. The number of halogens is 2. The number of hydrogen-bond donors (Lipinski definition) is 1. The van der Waals surface area contributed by atoms with Gasteiger partial charge in [-0.25, -0.2) is 0 Å². The summed E-state index contributed by atoms with van der Waals surface area (Å²) in [6.07, 6.45) is 1.39. The third-order valence-electron chi connectivity index (χ3n) is 1.83. The Balaban J connectivity index is 2.63. The van der Waals surface area contributed by atoms with Gasteiger partial charge in [-0.2, -0.15) is 0 Å². The van der Waals surface area contributed by atoms with Gasteiger partial charge in [0.05, 0.1) is 11.1 Å². The molecule has 0 aliphatic heterocycles. The second-order valence-corrected chi connectivity index (χ2v) is 4.40. The predicted molar refractivity (Wildman–Crippen MR) is 59.2 cm³/mol. The van der Waals surface area contributed by atoms with Crippen molar-refractivity contribution in [3.8, 4) is 0 Å². The monoisotopic (exact) mass is 262 g/mol. The Kier molecular flexibility index (Phi) is 4.23. The van der Waals surface area contributed by atoms with Crippen molar-refractivity contribution in [2.45, 2.75) is 25.9 Å². The molecule has 1 aromatic rings.